The molecule has 0 fully saturated rings. The van der Waals surface area contributed by atoms with Crippen LogP contribution in [0.5, 0.6) is 0 Å². The first-order valence-electron chi connectivity index (χ1n) is 9.12. The molecule has 0 aromatic heterocycles. The van der Waals surface area contributed by atoms with Crippen LogP contribution >= 0.6 is 0 Å². The molecule has 0 N–H and O–H groups in total. The van der Waals surface area contributed by atoms with Gasteiger partial charge in [0.2, 0.25) is 0 Å². The van der Waals surface area contributed by atoms with Crippen LogP contribution in [0.15, 0.2) is 54.6 Å². The Morgan fingerprint density at radius 1 is 1.00 bits per heavy atom. The lowest BCUT2D eigenvalue weighted by Gasteiger charge is -2.19. The second kappa shape index (κ2) is 9.97. The topological polar surface area (TPSA) is 32.8 Å². The van der Waals surface area contributed by atoms with Crippen LogP contribution in [0.4, 0.5) is 5.69 Å². The molecule has 0 amide bonds. The molecule has 0 aliphatic carbocycles. The maximum atomic E-state index is 12.2. The van der Waals surface area contributed by atoms with Crippen LogP contribution in [0.1, 0.15) is 29.3 Å². The van der Waals surface area contributed by atoms with Gasteiger partial charge in [-0.15, -0.1) is 0 Å². The number of benzene rings is 2. The molecule has 0 saturated heterocycles. The van der Waals surface area contributed by atoms with Gasteiger partial charge in [-0.05, 0) is 55.8 Å². The van der Waals surface area contributed by atoms with Gasteiger partial charge in [0.1, 0.15) is 0 Å². The molecule has 26 heavy (non-hydrogen) atoms. The summed E-state index contributed by atoms with van der Waals surface area (Å²) in [6, 6.07) is 17.9. The highest BCUT2D eigenvalue weighted by molar-refractivity contribution is 5.89. The molecule has 0 unspecified atom stereocenters. The second-order valence-corrected chi connectivity index (χ2v) is 7.16. The van der Waals surface area contributed by atoms with Crippen molar-refractivity contribution >= 4 is 11.7 Å². The highest BCUT2D eigenvalue weighted by atomic mass is 16.5. The summed E-state index contributed by atoms with van der Waals surface area (Å²) >= 11 is 0. The molecule has 0 radical (unpaired) electrons. The molecule has 2 aromatic carbocycles. The summed E-state index contributed by atoms with van der Waals surface area (Å²) in [6.07, 6.45) is 0.996. The van der Waals surface area contributed by atoms with E-state index in [-0.39, 0.29) is 5.97 Å². The lowest BCUT2D eigenvalue weighted by molar-refractivity contribution is 0.0438. The predicted molar refractivity (Wildman–Crippen MR) is 108 cm³/mol. The fourth-order valence-electron chi connectivity index (χ4n) is 2.70. The van der Waals surface area contributed by atoms with Crippen molar-refractivity contribution in [1.82, 2.24) is 4.90 Å². The highest BCUT2D eigenvalue weighted by Gasteiger charge is 2.11. The van der Waals surface area contributed by atoms with E-state index in [4.69, 9.17) is 4.74 Å². The number of ether oxygens (including phenoxy) is 1. The first kappa shape index (κ1) is 20.0. The van der Waals surface area contributed by atoms with E-state index in [0.717, 1.165) is 25.2 Å². The molecular weight excluding hydrogens is 324 g/mol. The molecule has 0 saturated carbocycles. The van der Waals surface area contributed by atoms with Crippen LogP contribution < -0.4 is 4.90 Å². The SMILES string of the molecule is C[C@@H](CCN(C)Cc1ccccc1)COC(=O)c1ccc(N(C)C)cc1. The third-order valence-electron chi connectivity index (χ3n) is 4.42. The van der Waals surface area contributed by atoms with Crippen molar-refractivity contribution in [2.24, 2.45) is 5.92 Å². The van der Waals surface area contributed by atoms with Crippen molar-refractivity contribution in [2.75, 3.05) is 39.2 Å². The zero-order valence-electron chi connectivity index (χ0n) is 16.3. The third-order valence-corrected chi connectivity index (χ3v) is 4.42. The molecule has 2 rings (SSSR count). The largest absolute Gasteiger partial charge is 0.462 e. The molecule has 1 atom stereocenters. The summed E-state index contributed by atoms with van der Waals surface area (Å²) in [7, 11) is 6.08. The molecule has 0 spiro atoms. The van der Waals surface area contributed by atoms with E-state index in [2.05, 4.69) is 43.1 Å². The predicted octanol–water partition coefficient (Wildman–Crippen LogP) is 4.07. The molecule has 0 bridgehead atoms. The summed E-state index contributed by atoms with van der Waals surface area (Å²) in [5.74, 6) is 0.0815. The van der Waals surface area contributed by atoms with Crippen molar-refractivity contribution in [3.63, 3.8) is 0 Å². The number of esters is 1. The lowest BCUT2D eigenvalue weighted by atomic mass is 10.1. The molecule has 4 heteroatoms. The van der Waals surface area contributed by atoms with E-state index >= 15 is 0 Å². The normalized spacial score (nSPS) is 12.0. The van der Waals surface area contributed by atoms with Gasteiger partial charge < -0.3 is 14.5 Å². The van der Waals surface area contributed by atoms with Crippen LogP contribution in [0.2, 0.25) is 0 Å². The number of carbonyl (C=O) groups is 1. The Morgan fingerprint density at radius 3 is 2.27 bits per heavy atom. The first-order chi connectivity index (χ1) is 12.5. The van der Waals surface area contributed by atoms with Gasteiger partial charge >= 0.3 is 5.97 Å². The minimum Gasteiger partial charge on any atom is -0.462 e. The third kappa shape index (κ3) is 6.52. The smallest absolute Gasteiger partial charge is 0.338 e. The van der Waals surface area contributed by atoms with E-state index in [1.807, 2.05) is 49.3 Å². The van der Waals surface area contributed by atoms with Crippen LogP contribution in [0.25, 0.3) is 0 Å². The van der Waals surface area contributed by atoms with Crippen molar-refractivity contribution in [1.29, 1.82) is 0 Å². The Balaban J connectivity index is 1.70. The van der Waals surface area contributed by atoms with Gasteiger partial charge in [0.05, 0.1) is 12.2 Å². The summed E-state index contributed by atoms with van der Waals surface area (Å²) in [4.78, 5) is 16.5. The quantitative estimate of drug-likeness (QED) is 0.636. The van der Waals surface area contributed by atoms with E-state index in [0.29, 0.717) is 18.1 Å². The Morgan fingerprint density at radius 2 is 1.65 bits per heavy atom. The van der Waals surface area contributed by atoms with Crippen molar-refractivity contribution in [2.45, 2.75) is 19.9 Å². The van der Waals surface area contributed by atoms with Crippen molar-refractivity contribution in [3.05, 3.63) is 65.7 Å². The monoisotopic (exact) mass is 354 g/mol. The number of carbonyl (C=O) groups excluding carboxylic acids is 1. The summed E-state index contributed by atoms with van der Waals surface area (Å²) < 4.78 is 5.47. The molecule has 0 heterocycles. The van der Waals surface area contributed by atoms with Gasteiger partial charge in [0.15, 0.2) is 0 Å². The Labute approximate surface area is 157 Å². The zero-order valence-corrected chi connectivity index (χ0v) is 16.3. The second-order valence-electron chi connectivity index (χ2n) is 7.16. The van der Waals surface area contributed by atoms with Crippen LogP contribution in [-0.4, -0.2) is 45.2 Å². The maximum Gasteiger partial charge on any atom is 0.338 e. The number of nitrogens with zero attached hydrogens (tertiary/aromatic N) is 2. The minimum absolute atomic E-state index is 0.250. The van der Waals surface area contributed by atoms with E-state index < -0.39 is 0 Å². The first-order valence-corrected chi connectivity index (χ1v) is 9.12. The van der Waals surface area contributed by atoms with Gasteiger partial charge in [-0.25, -0.2) is 4.79 Å². The summed E-state index contributed by atoms with van der Waals surface area (Å²) in [5, 5.41) is 0. The lowest BCUT2D eigenvalue weighted by Crippen LogP contribution is -2.22. The molecule has 140 valence electrons. The number of hydrogen-bond donors (Lipinski definition) is 0. The van der Waals surface area contributed by atoms with Gasteiger partial charge in [-0.3, -0.25) is 0 Å². The number of anilines is 1. The van der Waals surface area contributed by atoms with Gasteiger partial charge in [-0.2, -0.15) is 0 Å². The Hall–Kier alpha value is -2.33. The van der Waals surface area contributed by atoms with Gasteiger partial charge in [-0.1, -0.05) is 37.3 Å². The zero-order chi connectivity index (χ0) is 18.9. The van der Waals surface area contributed by atoms with E-state index in [1.54, 1.807) is 0 Å². The van der Waals surface area contributed by atoms with Gasteiger partial charge in [0.25, 0.3) is 0 Å². The van der Waals surface area contributed by atoms with Crippen molar-refractivity contribution in [3.8, 4) is 0 Å². The van der Waals surface area contributed by atoms with Crippen LogP contribution in [-0.2, 0) is 11.3 Å². The Bertz CT molecular complexity index is 668. The molecular formula is C22H30N2O2. The van der Waals surface area contributed by atoms with Crippen molar-refractivity contribution < 1.29 is 9.53 Å². The average molecular weight is 354 g/mol. The minimum atomic E-state index is -0.250. The molecule has 2 aromatic rings. The number of hydrogen-bond acceptors (Lipinski definition) is 4. The molecule has 0 aliphatic heterocycles. The average Bonchev–Trinajstić information content (AvgIpc) is 2.65. The van der Waals surface area contributed by atoms with Gasteiger partial charge in [0, 0.05) is 26.3 Å². The van der Waals surface area contributed by atoms with Crippen LogP contribution in [0.3, 0.4) is 0 Å². The Kier molecular flexibility index (Phi) is 7.67. The summed E-state index contributed by atoms with van der Waals surface area (Å²) in [5.41, 5.74) is 2.98. The molecule has 0 aliphatic rings. The van der Waals surface area contributed by atoms with E-state index in [1.165, 1.54) is 5.56 Å². The maximum absolute atomic E-state index is 12.2. The molecule has 4 nitrogen and oxygen atoms in total. The highest BCUT2D eigenvalue weighted by Crippen LogP contribution is 2.14. The van der Waals surface area contributed by atoms with E-state index in [9.17, 15) is 4.79 Å². The number of rotatable bonds is 9. The standard InChI is InChI=1S/C22H30N2O2/c1-18(14-15-24(4)16-19-8-6-5-7-9-19)17-26-22(25)20-10-12-21(13-11-20)23(2)3/h5-13,18H,14-17H2,1-4H3/t18-/m0/s1. The fraction of sp³-hybridized carbons (Fsp3) is 0.409. The fourth-order valence-corrected chi connectivity index (χ4v) is 2.70. The van der Waals surface area contributed by atoms with Crippen LogP contribution in [0, 0.1) is 5.92 Å². The summed E-state index contributed by atoms with van der Waals surface area (Å²) in [6.45, 7) is 4.49.